The van der Waals surface area contributed by atoms with Gasteiger partial charge in [-0.25, -0.2) is 0 Å². The number of nitrogens with zero attached hydrogens (tertiary/aromatic N) is 3. The van der Waals surface area contributed by atoms with Crippen LogP contribution in [0.1, 0.15) is 25.7 Å². The van der Waals surface area contributed by atoms with Crippen LogP contribution in [0.2, 0.25) is 0 Å². The predicted molar refractivity (Wildman–Crippen MR) is 77.5 cm³/mol. The maximum absolute atomic E-state index is 12.5. The van der Waals surface area contributed by atoms with Crippen LogP contribution in [0.3, 0.4) is 0 Å². The summed E-state index contributed by atoms with van der Waals surface area (Å²) in [4.78, 5) is 14.9. The molecule has 6 heteroatoms. The van der Waals surface area contributed by atoms with E-state index in [1.807, 2.05) is 13.1 Å². The highest BCUT2D eigenvalue weighted by Crippen LogP contribution is 2.25. The molecule has 2 fully saturated rings. The summed E-state index contributed by atoms with van der Waals surface area (Å²) in [6, 6.07) is 2.41. The smallest absolute Gasteiger partial charge is 0.242 e. The molecule has 2 saturated heterocycles. The van der Waals surface area contributed by atoms with Crippen LogP contribution in [0.15, 0.2) is 12.3 Å². The Morgan fingerprint density at radius 3 is 2.90 bits per heavy atom. The van der Waals surface area contributed by atoms with Gasteiger partial charge in [0.2, 0.25) is 5.91 Å². The summed E-state index contributed by atoms with van der Waals surface area (Å²) in [5.41, 5.74) is 0. The van der Waals surface area contributed by atoms with E-state index in [9.17, 15) is 4.79 Å². The van der Waals surface area contributed by atoms with Crippen molar-refractivity contribution in [3.8, 4) is 0 Å². The number of anilines is 1. The molecule has 0 aromatic carbocycles. The van der Waals surface area contributed by atoms with Crippen molar-refractivity contribution in [1.82, 2.24) is 20.0 Å². The van der Waals surface area contributed by atoms with Gasteiger partial charge in [0.1, 0.15) is 5.82 Å². The van der Waals surface area contributed by atoms with Crippen LogP contribution in [-0.4, -0.2) is 52.3 Å². The number of carbonyl (C=O) groups is 1. The molecule has 1 unspecified atom stereocenters. The number of hydrogen-bond donors (Lipinski definition) is 2. The maximum Gasteiger partial charge on any atom is 0.242 e. The first-order valence-corrected chi connectivity index (χ1v) is 7.51. The van der Waals surface area contributed by atoms with E-state index in [1.165, 1.54) is 0 Å². The average Bonchev–Trinajstić information content (AvgIpc) is 3.09. The Hall–Kier alpha value is -1.40. The van der Waals surface area contributed by atoms with E-state index >= 15 is 0 Å². The standard InChI is InChI=1S/C14H23N5O/c1-18-13(6-9-16-18)17-14(20)12-3-2-10-19(12)11-4-7-15-8-5-11/h6,9,11-12,15H,2-5,7-8,10H2,1H3,(H,17,20). The zero-order valence-electron chi connectivity index (χ0n) is 12.0. The fourth-order valence-corrected chi connectivity index (χ4v) is 3.35. The van der Waals surface area contributed by atoms with E-state index in [2.05, 4.69) is 20.6 Å². The number of nitrogens with one attached hydrogen (secondary N) is 2. The van der Waals surface area contributed by atoms with Crippen LogP contribution in [0.5, 0.6) is 0 Å². The topological polar surface area (TPSA) is 62.2 Å². The van der Waals surface area contributed by atoms with Gasteiger partial charge in [-0.05, 0) is 45.3 Å². The van der Waals surface area contributed by atoms with E-state index in [-0.39, 0.29) is 11.9 Å². The second-order valence-electron chi connectivity index (χ2n) is 5.71. The SMILES string of the molecule is Cn1nccc1NC(=O)C1CCCN1C1CCNCC1. The van der Waals surface area contributed by atoms with Crippen molar-refractivity contribution in [1.29, 1.82) is 0 Å². The van der Waals surface area contributed by atoms with Crippen molar-refractivity contribution in [2.24, 2.45) is 7.05 Å². The van der Waals surface area contributed by atoms with Crippen molar-refractivity contribution in [2.75, 3.05) is 25.0 Å². The molecular weight excluding hydrogens is 254 g/mol. The number of rotatable bonds is 3. The average molecular weight is 277 g/mol. The molecule has 110 valence electrons. The molecule has 2 aliphatic rings. The lowest BCUT2D eigenvalue weighted by molar-refractivity contribution is -0.121. The molecule has 1 aromatic heterocycles. The number of piperidine rings is 1. The molecule has 1 aromatic rings. The van der Waals surface area contributed by atoms with Gasteiger partial charge in [0, 0.05) is 19.2 Å². The summed E-state index contributed by atoms with van der Waals surface area (Å²) in [6.07, 6.45) is 6.08. The van der Waals surface area contributed by atoms with Gasteiger partial charge in [-0.1, -0.05) is 0 Å². The molecule has 2 N–H and O–H groups in total. The molecule has 3 heterocycles. The van der Waals surface area contributed by atoms with E-state index in [4.69, 9.17) is 0 Å². The van der Waals surface area contributed by atoms with Gasteiger partial charge in [-0.3, -0.25) is 14.4 Å². The van der Waals surface area contributed by atoms with Crippen LogP contribution in [-0.2, 0) is 11.8 Å². The first kappa shape index (κ1) is 13.6. The summed E-state index contributed by atoms with van der Waals surface area (Å²) in [5, 5.41) is 10.5. The van der Waals surface area contributed by atoms with Crippen molar-refractivity contribution >= 4 is 11.7 Å². The van der Waals surface area contributed by atoms with Gasteiger partial charge in [-0.2, -0.15) is 5.10 Å². The van der Waals surface area contributed by atoms with Crippen LogP contribution in [0, 0.1) is 0 Å². The molecule has 0 aliphatic carbocycles. The van der Waals surface area contributed by atoms with Gasteiger partial charge < -0.3 is 10.6 Å². The Kier molecular flexibility index (Phi) is 4.03. The van der Waals surface area contributed by atoms with E-state index in [0.29, 0.717) is 6.04 Å². The second kappa shape index (κ2) is 5.93. The first-order chi connectivity index (χ1) is 9.75. The zero-order chi connectivity index (χ0) is 13.9. The highest BCUT2D eigenvalue weighted by Gasteiger charge is 2.35. The third kappa shape index (κ3) is 2.71. The largest absolute Gasteiger partial charge is 0.317 e. The number of aromatic nitrogens is 2. The lowest BCUT2D eigenvalue weighted by Crippen LogP contribution is -2.49. The molecule has 20 heavy (non-hydrogen) atoms. The van der Waals surface area contributed by atoms with Gasteiger partial charge in [0.15, 0.2) is 0 Å². The molecule has 1 atom stereocenters. The second-order valence-corrected chi connectivity index (χ2v) is 5.71. The number of hydrogen-bond acceptors (Lipinski definition) is 4. The minimum atomic E-state index is 0.0213. The van der Waals surface area contributed by atoms with Crippen LogP contribution in [0.4, 0.5) is 5.82 Å². The lowest BCUT2D eigenvalue weighted by Gasteiger charge is -2.35. The minimum Gasteiger partial charge on any atom is -0.317 e. The highest BCUT2D eigenvalue weighted by molar-refractivity contribution is 5.94. The number of aryl methyl sites for hydroxylation is 1. The Morgan fingerprint density at radius 2 is 2.20 bits per heavy atom. The summed E-state index contributed by atoms with van der Waals surface area (Å²) < 4.78 is 1.70. The van der Waals surface area contributed by atoms with Crippen LogP contribution in [0.25, 0.3) is 0 Å². The quantitative estimate of drug-likeness (QED) is 0.848. The minimum absolute atomic E-state index is 0.0213. The Bertz CT molecular complexity index is 466. The highest BCUT2D eigenvalue weighted by atomic mass is 16.2. The summed E-state index contributed by atoms with van der Waals surface area (Å²) in [7, 11) is 1.84. The molecule has 6 nitrogen and oxygen atoms in total. The van der Waals surface area contributed by atoms with Gasteiger partial charge in [0.05, 0.1) is 12.2 Å². The molecule has 1 amide bonds. The molecule has 0 radical (unpaired) electrons. The van der Waals surface area contributed by atoms with Gasteiger partial charge >= 0.3 is 0 Å². The number of carbonyl (C=O) groups excluding carboxylic acids is 1. The first-order valence-electron chi connectivity index (χ1n) is 7.51. The zero-order valence-corrected chi connectivity index (χ0v) is 12.0. The Morgan fingerprint density at radius 1 is 1.40 bits per heavy atom. The van der Waals surface area contributed by atoms with E-state index in [1.54, 1.807) is 10.9 Å². The molecule has 0 spiro atoms. The lowest BCUT2D eigenvalue weighted by atomic mass is 10.0. The molecular formula is C14H23N5O. The van der Waals surface area contributed by atoms with Gasteiger partial charge in [-0.15, -0.1) is 0 Å². The monoisotopic (exact) mass is 277 g/mol. The molecule has 3 rings (SSSR count). The number of amides is 1. The van der Waals surface area contributed by atoms with E-state index in [0.717, 1.165) is 51.1 Å². The van der Waals surface area contributed by atoms with Crippen molar-refractivity contribution in [2.45, 2.75) is 37.8 Å². The Balaban J connectivity index is 1.65. The summed E-state index contributed by atoms with van der Waals surface area (Å²) in [5.74, 6) is 0.886. The fraction of sp³-hybridized carbons (Fsp3) is 0.714. The molecule has 0 bridgehead atoms. The fourth-order valence-electron chi connectivity index (χ4n) is 3.35. The summed E-state index contributed by atoms with van der Waals surface area (Å²) in [6.45, 7) is 3.18. The third-order valence-electron chi connectivity index (χ3n) is 4.45. The maximum atomic E-state index is 12.5. The molecule has 0 saturated carbocycles. The van der Waals surface area contributed by atoms with Crippen molar-refractivity contribution in [3.63, 3.8) is 0 Å². The summed E-state index contributed by atoms with van der Waals surface area (Å²) >= 11 is 0. The van der Waals surface area contributed by atoms with Crippen molar-refractivity contribution in [3.05, 3.63) is 12.3 Å². The Labute approximate surface area is 119 Å². The molecule has 2 aliphatic heterocycles. The van der Waals surface area contributed by atoms with Crippen LogP contribution >= 0.6 is 0 Å². The third-order valence-corrected chi connectivity index (χ3v) is 4.45. The predicted octanol–water partition coefficient (Wildman–Crippen LogP) is 0.575. The van der Waals surface area contributed by atoms with E-state index < -0.39 is 0 Å². The normalized spacial score (nSPS) is 24.9. The van der Waals surface area contributed by atoms with Crippen molar-refractivity contribution < 1.29 is 4.79 Å². The van der Waals surface area contributed by atoms with Crippen LogP contribution < -0.4 is 10.6 Å². The number of likely N-dealkylation sites (tertiary alicyclic amines) is 1. The van der Waals surface area contributed by atoms with Gasteiger partial charge in [0.25, 0.3) is 0 Å².